The number of halogens is 1. The summed E-state index contributed by atoms with van der Waals surface area (Å²) in [5.41, 5.74) is 1.85. The van der Waals surface area contributed by atoms with E-state index < -0.39 is 12.0 Å². The zero-order valence-corrected chi connectivity index (χ0v) is 13.4. The van der Waals surface area contributed by atoms with Gasteiger partial charge in [-0.05, 0) is 48.1 Å². The average molecular weight is 386 g/mol. The topological polar surface area (TPSA) is 67.4 Å². The number of allylic oxidation sites excluding steroid dienone is 1. The van der Waals surface area contributed by atoms with Gasteiger partial charge in [0.25, 0.3) is 0 Å². The second-order valence-corrected chi connectivity index (χ2v) is 5.47. The van der Waals surface area contributed by atoms with Crippen LogP contribution in [0.15, 0.2) is 35.5 Å². The number of hydrogen-bond donors (Lipinski definition) is 2. The zero-order valence-electron chi connectivity index (χ0n) is 11.2. The lowest BCUT2D eigenvalue weighted by atomic mass is 9.96. The van der Waals surface area contributed by atoms with Gasteiger partial charge in [0.15, 0.2) is 0 Å². The highest BCUT2D eigenvalue weighted by atomic mass is 127. The van der Waals surface area contributed by atoms with Crippen LogP contribution in [0.2, 0.25) is 0 Å². The van der Waals surface area contributed by atoms with Crippen molar-refractivity contribution in [3.63, 3.8) is 0 Å². The molecule has 0 radical (unpaired) electrons. The van der Waals surface area contributed by atoms with Crippen LogP contribution in [0.4, 0.5) is 4.79 Å². The Bertz CT molecular complexity index is 584. The van der Waals surface area contributed by atoms with Crippen LogP contribution in [0.3, 0.4) is 0 Å². The summed E-state index contributed by atoms with van der Waals surface area (Å²) in [6.45, 7) is 3.75. The lowest BCUT2D eigenvalue weighted by molar-refractivity contribution is -0.139. The van der Waals surface area contributed by atoms with Gasteiger partial charge in [0.1, 0.15) is 0 Å². The van der Waals surface area contributed by atoms with Gasteiger partial charge in [0.2, 0.25) is 0 Å². The van der Waals surface area contributed by atoms with Crippen LogP contribution in [0, 0.1) is 3.57 Å². The molecule has 0 unspecified atom stereocenters. The van der Waals surface area contributed by atoms with Gasteiger partial charge in [-0.15, -0.1) is 0 Å². The first-order valence-electron chi connectivity index (χ1n) is 6.24. The number of amides is 2. The summed E-state index contributed by atoms with van der Waals surface area (Å²) in [5.74, 6) is -0.415. The molecule has 6 heteroatoms. The summed E-state index contributed by atoms with van der Waals surface area (Å²) in [6.07, 6.45) is 0. The molecule has 0 saturated carbocycles. The first-order valence-corrected chi connectivity index (χ1v) is 7.32. The minimum Gasteiger partial charge on any atom is -0.463 e. The predicted molar refractivity (Wildman–Crippen MR) is 82.9 cm³/mol. The average Bonchev–Trinajstić information content (AvgIpc) is 2.38. The third kappa shape index (κ3) is 2.95. The Kier molecular flexibility index (Phi) is 4.64. The summed E-state index contributed by atoms with van der Waals surface area (Å²) in [6, 6.07) is 6.81. The largest absolute Gasteiger partial charge is 0.463 e. The third-order valence-corrected chi connectivity index (χ3v) is 3.96. The maximum atomic E-state index is 12.1. The van der Waals surface area contributed by atoms with Gasteiger partial charge in [-0.1, -0.05) is 18.2 Å². The van der Waals surface area contributed by atoms with E-state index in [0.717, 1.165) is 9.13 Å². The molecule has 0 fully saturated rings. The van der Waals surface area contributed by atoms with Gasteiger partial charge in [-0.2, -0.15) is 0 Å². The van der Waals surface area contributed by atoms with E-state index in [-0.39, 0.29) is 6.03 Å². The van der Waals surface area contributed by atoms with Crippen molar-refractivity contribution in [3.8, 4) is 0 Å². The first-order chi connectivity index (χ1) is 9.54. The lowest BCUT2D eigenvalue weighted by Gasteiger charge is -2.28. The van der Waals surface area contributed by atoms with E-state index in [1.807, 2.05) is 24.3 Å². The molecule has 2 rings (SSSR count). The number of nitrogens with one attached hydrogen (secondary N) is 2. The number of ether oxygens (including phenoxy) is 1. The number of esters is 1. The van der Waals surface area contributed by atoms with E-state index in [2.05, 4.69) is 33.2 Å². The second kappa shape index (κ2) is 6.25. The monoisotopic (exact) mass is 386 g/mol. The minimum absolute atomic E-state index is 0.294. The van der Waals surface area contributed by atoms with E-state index in [4.69, 9.17) is 4.74 Å². The van der Waals surface area contributed by atoms with Crippen molar-refractivity contribution >= 4 is 34.6 Å². The Labute approximate surface area is 130 Å². The molecule has 0 aromatic heterocycles. The summed E-state index contributed by atoms with van der Waals surface area (Å²) in [5, 5.41) is 5.39. The molecule has 2 amide bonds. The van der Waals surface area contributed by atoms with Gasteiger partial charge in [0, 0.05) is 9.27 Å². The summed E-state index contributed by atoms with van der Waals surface area (Å²) in [7, 11) is 0. The molecule has 5 nitrogen and oxygen atoms in total. The molecular weight excluding hydrogens is 371 g/mol. The molecular formula is C14H15IN2O3. The van der Waals surface area contributed by atoms with Crippen LogP contribution in [-0.4, -0.2) is 18.6 Å². The Balaban J connectivity index is 2.48. The number of carbonyl (C=O) groups is 2. The van der Waals surface area contributed by atoms with Crippen molar-refractivity contribution in [3.05, 3.63) is 44.7 Å². The van der Waals surface area contributed by atoms with E-state index in [1.54, 1.807) is 13.8 Å². The molecule has 0 spiro atoms. The smallest absolute Gasteiger partial charge is 0.338 e. The van der Waals surface area contributed by atoms with Gasteiger partial charge >= 0.3 is 12.0 Å². The molecule has 0 bridgehead atoms. The lowest BCUT2D eigenvalue weighted by Crippen LogP contribution is -2.45. The minimum atomic E-state index is -0.490. The highest BCUT2D eigenvalue weighted by Gasteiger charge is 2.32. The van der Waals surface area contributed by atoms with Crippen molar-refractivity contribution in [2.75, 3.05) is 6.61 Å². The summed E-state index contributed by atoms with van der Waals surface area (Å²) in [4.78, 5) is 23.8. The van der Waals surface area contributed by atoms with Crippen LogP contribution in [0.25, 0.3) is 0 Å². The molecule has 0 saturated heterocycles. The molecule has 0 aliphatic carbocycles. The van der Waals surface area contributed by atoms with Crippen molar-refractivity contribution in [2.24, 2.45) is 0 Å². The fourth-order valence-corrected chi connectivity index (χ4v) is 2.81. The third-order valence-electron chi connectivity index (χ3n) is 2.98. The normalized spacial score (nSPS) is 18.4. The fraction of sp³-hybridized carbons (Fsp3) is 0.286. The van der Waals surface area contributed by atoms with Crippen molar-refractivity contribution in [1.82, 2.24) is 10.6 Å². The summed E-state index contributed by atoms with van der Waals surface area (Å²) < 4.78 is 6.07. The van der Waals surface area contributed by atoms with Crippen LogP contribution in [0.1, 0.15) is 25.5 Å². The molecule has 1 aromatic rings. The van der Waals surface area contributed by atoms with E-state index in [1.165, 1.54) is 0 Å². The standard InChI is InChI=1S/C14H15IN2O3/c1-3-20-13(18)11-8(2)16-14(19)17-12(11)9-6-4-5-7-10(9)15/h4-7,12H,3H2,1-2H3,(H2,16,17,19)/t12-/m0/s1. The maximum Gasteiger partial charge on any atom is 0.338 e. The van der Waals surface area contributed by atoms with E-state index in [0.29, 0.717) is 17.9 Å². The van der Waals surface area contributed by atoms with E-state index in [9.17, 15) is 9.59 Å². The number of hydrogen-bond acceptors (Lipinski definition) is 3. The van der Waals surface area contributed by atoms with Gasteiger partial charge in [0.05, 0.1) is 18.2 Å². The van der Waals surface area contributed by atoms with Crippen LogP contribution in [-0.2, 0) is 9.53 Å². The Morgan fingerprint density at radius 1 is 1.40 bits per heavy atom. The molecule has 1 aliphatic rings. The number of benzene rings is 1. The Morgan fingerprint density at radius 2 is 2.10 bits per heavy atom. The highest BCUT2D eigenvalue weighted by Crippen LogP contribution is 2.30. The molecule has 1 aliphatic heterocycles. The van der Waals surface area contributed by atoms with Crippen LogP contribution in [0.5, 0.6) is 0 Å². The molecule has 1 heterocycles. The molecule has 106 valence electrons. The molecule has 1 aromatic carbocycles. The summed E-state index contributed by atoms with van der Waals surface area (Å²) >= 11 is 2.19. The molecule has 1 atom stereocenters. The Hall–Kier alpha value is -1.57. The molecule has 20 heavy (non-hydrogen) atoms. The number of carbonyl (C=O) groups excluding carboxylic acids is 2. The van der Waals surface area contributed by atoms with Crippen molar-refractivity contribution in [1.29, 1.82) is 0 Å². The first kappa shape index (κ1) is 14.8. The van der Waals surface area contributed by atoms with Crippen molar-refractivity contribution in [2.45, 2.75) is 19.9 Å². The predicted octanol–water partition coefficient (Wildman–Crippen LogP) is 2.48. The van der Waals surface area contributed by atoms with Gasteiger partial charge < -0.3 is 15.4 Å². The maximum absolute atomic E-state index is 12.1. The molecule has 2 N–H and O–H groups in total. The van der Waals surface area contributed by atoms with Gasteiger partial charge in [-0.3, -0.25) is 0 Å². The SMILES string of the molecule is CCOC(=O)C1=C(C)NC(=O)N[C@H]1c1ccccc1I. The van der Waals surface area contributed by atoms with Gasteiger partial charge in [-0.25, -0.2) is 9.59 Å². The fourth-order valence-electron chi connectivity index (χ4n) is 2.12. The second-order valence-electron chi connectivity index (χ2n) is 4.31. The van der Waals surface area contributed by atoms with Crippen LogP contribution >= 0.6 is 22.6 Å². The zero-order chi connectivity index (χ0) is 14.7. The number of urea groups is 1. The Morgan fingerprint density at radius 3 is 2.75 bits per heavy atom. The quantitative estimate of drug-likeness (QED) is 0.620. The van der Waals surface area contributed by atoms with Crippen molar-refractivity contribution < 1.29 is 14.3 Å². The highest BCUT2D eigenvalue weighted by molar-refractivity contribution is 14.1. The number of rotatable bonds is 3. The van der Waals surface area contributed by atoms with E-state index >= 15 is 0 Å². The van der Waals surface area contributed by atoms with Crippen LogP contribution < -0.4 is 10.6 Å².